The first-order valence-corrected chi connectivity index (χ1v) is 14.1. The lowest BCUT2D eigenvalue weighted by Gasteiger charge is -2.15. The summed E-state index contributed by atoms with van der Waals surface area (Å²) in [6.45, 7) is 2.08. The Morgan fingerprint density at radius 2 is 1.02 bits per heavy atom. The van der Waals surface area contributed by atoms with Crippen LogP contribution in [0.1, 0.15) is 22.3 Å². The number of benzene rings is 5. The number of nitrogens with zero attached hydrogens (tertiary/aromatic N) is 5. The molecule has 0 N–H and O–H groups in total. The number of pyridine rings is 1. The summed E-state index contributed by atoms with van der Waals surface area (Å²) in [6.07, 6.45) is 3.48. The van der Waals surface area contributed by atoms with Crippen LogP contribution in [0.25, 0.3) is 60.9 Å². The molecule has 0 spiro atoms. The smallest absolute Gasteiger partial charge is 0.0998 e. The van der Waals surface area contributed by atoms with Crippen LogP contribution in [0.5, 0.6) is 0 Å². The van der Waals surface area contributed by atoms with E-state index in [0.717, 1.165) is 66.4 Å². The predicted molar refractivity (Wildman–Crippen MR) is 174 cm³/mol. The topological polar surface area (TPSA) is 89.2 Å². The molecular weight excluding hydrogens is 538 g/mol. The van der Waals surface area contributed by atoms with E-state index in [-0.39, 0.29) is 0 Å². The minimum Gasteiger partial charge on any atom is -0.309 e. The van der Waals surface area contributed by atoms with E-state index in [9.17, 15) is 15.8 Å². The third-order valence-electron chi connectivity index (χ3n) is 8.15. The molecule has 0 atom stereocenters. The molecule has 0 bridgehead atoms. The van der Waals surface area contributed by atoms with Gasteiger partial charge in [-0.3, -0.25) is 4.98 Å². The van der Waals surface area contributed by atoms with E-state index in [4.69, 9.17) is 0 Å². The molecule has 5 nitrogen and oxygen atoms in total. The average Bonchev–Trinajstić information content (AvgIpc) is 3.41. The molecule has 2 aromatic heterocycles. The Labute approximate surface area is 254 Å². The van der Waals surface area contributed by atoms with Crippen LogP contribution >= 0.6 is 0 Å². The molecule has 0 amide bonds. The highest BCUT2D eigenvalue weighted by Gasteiger charge is 2.18. The summed E-state index contributed by atoms with van der Waals surface area (Å²) >= 11 is 0. The summed E-state index contributed by atoms with van der Waals surface area (Å²) in [5.41, 5.74) is 11.9. The summed E-state index contributed by atoms with van der Waals surface area (Å²) < 4.78 is 2.24. The van der Waals surface area contributed by atoms with Gasteiger partial charge in [0, 0.05) is 23.2 Å². The maximum absolute atomic E-state index is 10.2. The van der Waals surface area contributed by atoms with Crippen LogP contribution < -0.4 is 0 Å². The van der Waals surface area contributed by atoms with Gasteiger partial charge in [-0.25, -0.2) is 0 Å². The number of hydrogen-bond acceptors (Lipinski definition) is 4. The number of fused-ring (bicyclic) bond motifs is 3. The van der Waals surface area contributed by atoms with E-state index in [1.807, 2.05) is 66.7 Å². The van der Waals surface area contributed by atoms with Gasteiger partial charge in [0.15, 0.2) is 0 Å². The fourth-order valence-corrected chi connectivity index (χ4v) is 5.92. The Morgan fingerprint density at radius 1 is 0.523 bits per heavy atom. The van der Waals surface area contributed by atoms with Crippen LogP contribution in [-0.4, -0.2) is 9.55 Å². The van der Waals surface area contributed by atoms with E-state index < -0.39 is 0 Å². The average molecular weight is 562 g/mol. The van der Waals surface area contributed by atoms with Crippen molar-refractivity contribution in [2.24, 2.45) is 0 Å². The van der Waals surface area contributed by atoms with Gasteiger partial charge in [-0.05, 0) is 119 Å². The molecule has 0 aliphatic heterocycles. The van der Waals surface area contributed by atoms with Gasteiger partial charge in [0.1, 0.15) is 0 Å². The first kappa shape index (κ1) is 26.4. The second kappa shape index (κ2) is 10.7. The standard InChI is InChI=1S/C39H23N5/c1-25-18-34(30-14-16-43-17-15-30)33(24-42)21-39(25)44-37-12-10-31(28-6-2-26(22-40)3-7-28)19-35(37)36-20-32(11-13-38(36)44)29-8-4-27(23-41)5-9-29/h2-21H,1H3. The normalized spacial score (nSPS) is 10.8. The summed E-state index contributed by atoms with van der Waals surface area (Å²) in [4.78, 5) is 4.13. The van der Waals surface area contributed by atoms with Crippen molar-refractivity contribution in [3.05, 3.63) is 144 Å². The van der Waals surface area contributed by atoms with Crippen molar-refractivity contribution >= 4 is 21.8 Å². The van der Waals surface area contributed by atoms with Crippen molar-refractivity contribution in [2.75, 3.05) is 0 Å². The Bertz CT molecular complexity index is 2230. The fraction of sp³-hybridized carbons (Fsp3) is 0.0256. The lowest BCUT2D eigenvalue weighted by molar-refractivity contribution is 1.15. The Hall–Kier alpha value is -6.48. The molecule has 0 fully saturated rings. The molecule has 2 heterocycles. The van der Waals surface area contributed by atoms with Gasteiger partial charge in [-0.1, -0.05) is 36.4 Å². The molecule has 5 heteroatoms. The molecule has 204 valence electrons. The molecular formula is C39H23N5. The van der Waals surface area contributed by atoms with E-state index in [2.05, 4.69) is 77.1 Å². The molecule has 7 rings (SSSR count). The molecule has 44 heavy (non-hydrogen) atoms. The zero-order chi connectivity index (χ0) is 30.2. The first-order valence-electron chi connectivity index (χ1n) is 14.1. The lowest BCUT2D eigenvalue weighted by atomic mass is 9.97. The van der Waals surface area contributed by atoms with Gasteiger partial charge in [0.2, 0.25) is 0 Å². The zero-order valence-electron chi connectivity index (χ0n) is 23.8. The summed E-state index contributed by atoms with van der Waals surface area (Å²) in [6, 6.07) is 42.8. The molecule has 7 aromatic rings. The Kier molecular flexibility index (Phi) is 6.44. The zero-order valence-corrected chi connectivity index (χ0v) is 23.8. The van der Waals surface area contributed by atoms with Crippen molar-refractivity contribution in [1.29, 1.82) is 15.8 Å². The molecule has 5 aromatic carbocycles. The summed E-state index contributed by atoms with van der Waals surface area (Å²) in [7, 11) is 0. The van der Waals surface area contributed by atoms with E-state index >= 15 is 0 Å². The van der Waals surface area contributed by atoms with Crippen molar-refractivity contribution in [3.8, 4) is 57.3 Å². The number of aromatic nitrogens is 2. The summed E-state index contributed by atoms with van der Waals surface area (Å²) in [5.74, 6) is 0. The molecule has 0 aliphatic rings. The van der Waals surface area contributed by atoms with Crippen LogP contribution in [0.4, 0.5) is 0 Å². The van der Waals surface area contributed by atoms with E-state index in [1.54, 1.807) is 12.4 Å². The van der Waals surface area contributed by atoms with Crippen molar-refractivity contribution in [1.82, 2.24) is 9.55 Å². The van der Waals surface area contributed by atoms with Crippen molar-refractivity contribution < 1.29 is 0 Å². The minimum atomic E-state index is 0.593. The highest BCUT2D eigenvalue weighted by atomic mass is 15.0. The van der Waals surface area contributed by atoms with E-state index in [0.29, 0.717) is 16.7 Å². The number of nitriles is 3. The highest BCUT2D eigenvalue weighted by molar-refractivity contribution is 6.11. The molecule has 0 unspecified atom stereocenters. The first-order chi connectivity index (χ1) is 21.6. The van der Waals surface area contributed by atoms with Gasteiger partial charge in [0.25, 0.3) is 0 Å². The maximum Gasteiger partial charge on any atom is 0.0998 e. The third kappa shape index (κ3) is 4.45. The SMILES string of the molecule is Cc1cc(-c2ccncc2)c(C#N)cc1-n1c2ccc(-c3ccc(C#N)cc3)cc2c2cc(-c3ccc(C#N)cc3)ccc21. The second-order valence-electron chi connectivity index (χ2n) is 10.7. The number of aryl methyl sites for hydroxylation is 1. The maximum atomic E-state index is 10.2. The monoisotopic (exact) mass is 561 g/mol. The van der Waals surface area contributed by atoms with Gasteiger partial charge in [-0.2, -0.15) is 15.8 Å². The van der Waals surface area contributed by atoms with Crippen molar-refractivity contribution in [2.45, 2.75) is 6.92 Å². The van der Waals surface area contributed by atoms with Crippen LogP contribution in [0, 0.1) is 40.9 Å². The van der Waals surface area contributed by atoms with Gasteiger partial charge < -0.3 is 4.57 Å². The lowest BCUT2D eigenvalue weighted by Crippen LogP contribution is -1.99. The van der Waals surface area contributed by atoms with Crippen LogP contribution in [0.15, 0.2) is 122 Å². The van der Waals surface area contributed by atoms with Crippen molar-refractivity contribution in [3.63, 3.8) is 0 Å². The van der Waals surface area contributed by atoms with Crippen LogP contribution in [-0.2, 0) is 0 Å². The molecule has 0 saturated heterocycles. The minimum absolute atomic E-state index is 0.593. The predicted octanol–water partition coefficient (Wildman–Crippen LogP) is 9.10. The Morgan fingerprint density at radius 3 is 1.50 bits per heavy atom. The van der Waals surface area contributed by atoms with Gasteiger partial charge >= 0.3 is 0 Å². The molecule has 0 radical (unpaired) electrons. The Balaban J connectivity index is 1.48. The fourth-order valence-electron chi connectivity index (χ4n) is 5.92. The largest absolute Gasteiger partial charge is 0.309 e. The molecule has 0 aliphatic carbocycles. The number of rotatable bonds is 4. The quantitative estimate of drug-likeness (QED) is 0.214. The second-order valence-corrected chi connectivity index (χ2v) is 10.7. The number of hydrogen-bond donors (Lipinski definition) is 0. The van der Waals surface area contributed by atoms with Gasteiger partial charge in [0.05, 0.1) is 51.6 Å². The van der Waals surface area contributed by atoms with Gasteiger partial charge in [-0.15, -0.1) is 0 Å². The van der Waals surface area contributed by atoms with E-state index in [1.165, 1.54) is 0 Å². The van der Waals surface area contributed by atoms with Crippen LogP contribution in [0.3, 0.4) is 0 Å². The highest BCUT2D eigenvalue weighted by Crippen LogP contribution is 2.39. The van der Waals surface area contributed by atoms with Crippen LogP contribution in [0.2, 0.25) is 0 Å². The summed E-state index contributed by atoms with van der Waals surface area (Å²) in [5, 5.41) is 30.9. The molecule has 0 saturated carbocycles. The third-order valence-corrected chi connectivity index (χ3v) is 8.15.